The number of nitrogens with one attached hydrogen (secondary N) is 1. The van der Waals surface area contributed by atoms with Gasteiger partial charge in [0.15, 0.2) is 0 Å². The molecule has 1 atom stereocenters. The van der Waals surface area contributed by atoms with Crippen LogP contribution in [0.3, 0.4) is 0 Å². The van der Waals surface area contributed by atoms with Gasteiger partial charge in [-0.3, -0.25) is 0 Å². The van der Waals surface area contributed by atoms with Crippen molar-refractivity contribution in [3.8, 4) is 0 Å². The van der Waals surface area contributed by atoms with Gasteiger partial charge in [-0.15, -0.1) is 0 Å². The fourth-order valence-corrected chi connectivity index (χ4v) is 1.09. The molecule has 0 aliphatic carbocycles. The van der Waals surface area contributed by atoms with E-state index in [2.05, 4.69) is 0 Å². The summed E-state index contributed by atoms with van der Waals surface area (Å²) in [6.07, 6.45) is -0.249. The SMILES string of the molecule is O=C([O-])C[C@H](NO)c1ccccc1. The molecule has 0 amide bonds. The molecule has 4 heteroatoms. The first kappa shape index (κ1) is 9.70. The molecule has 0 aliphatic heterocycles. The van der Waals surface area contributed by atoms with E-state index >= 15 is 0 Å². The van der Waals surface area contributed by atoms with E-state index in [0.717, 1.165) is 0 Å². The molecule has 13 heavy (non-hydrogen) atoms. The average molecular weight is 180 g/mol. The lowest BCUT2D eigenvalue weighted by Crippen LogP contribution is -2.29. The Morgan fingerprint density at radius 3 is 2.54 bits per heavy atom. The summed E-state index contributed by atoms with van der Waals surface area (Å²) in [5, 5.41) is 19.0. The second kappa shape index (κ2) is 4.59. The van der Waals surface area contributed by atoms with Crippen molar-refractivity contribution in [1.29, 1.82) is 0 Å². The van der Waals surface area contributed by atoms with Gasteiger partial charge in [-0.25, -0.2) is 0 Å². The van der Waals surface area contributed by atoms with Crippen LogP contribution in [0.1, 0.15) is 18.0 Å². The lowest BCUT2D eigenvalue weighted by Gasteiger charge is -2.15. The number of carbonyl (C=O) groups excluding carboxylic acids is 1. The number of rotatable bonds is 4. The topological polar surface area (TPSA) is 72.4 Å². The van der Waals surface area contributed by atoms with Crippen LogP contribution in [0, 0.1) is 0 Å². The first-order valence-corrected chi connectivity index (χ1v) is 3.88. The minimum Gasteiger partial charge on any atom is -0.550 e. The highest BCUT2D eigenvalue weighted by Gasteiger charge is 2.08. The van der Waals surface area contributed by atoms with Gasteiger partial charge in [0.2, 0.25) is 0 Å². The molecule has 0 heterocycles. The van der Waals surface area contributed by atoms with Gasteiger partial charge in [0, 0.05) is 12.4 Å². The highest BCUT2D eigenvalue weighted by molar-refractivity contribution is 5.65. The molecule has 0 saturated heterocycles. The molecule has 0 radical (unpaired) electrons. The first-order chi connectivity index (χ1) is 6.24. The Balaban J connectivity index is 2.73. The summed E-state index contributed by atoms with van der Waals surface area (Å²) < 4.78 is 0. The number of benzene rings is 1. The summed E-state index contributed by atoms with van der Waals surface area (Å²) in [4.78, 5) is 10.3. The van der Waals surface area contributed by atoms with Gasteiger partial charge >= 0.3 is 0 Å². The molecule has 70 valence electrons. The number of hydrogen-bond donors (Lipinski definition) is 2. The number of hydrogen-bond acceptors (Lipinski definition) is 4. The van der Waals surface area contributed by atoms with E-state index in [1.807, 2.05) is 11.5 Å². The Kier molecular flexibility index (Phi) is 3.42. The number of carboxylic acids is 1. The lowest BCUT2D eigenvalue weighted by molar-refractivity contribution is -0.306. The monoisotopic (exact) mass is 180 g/mol. The molecule has 0 spiro atoms. The Labute approximate surface area is 75.8 Å². The van der Waals surface area contributed by atoms with Gasteiger partial charge in [-0.05, 0) is 5.56 Å². The van der Waals surface area contributed by atoms with E-state index in [9.17, 15) is 9.90 Å². The fourth-order valence-electron chi connectivity index (χ4n) is 1.09. The van der Waals surface area contributed by atoms with Crippen molar-refractivity contribution in [2.45, 2.75) is 12.5 Å². The van der Waals surface area contributed by atoms with Crippen LogP contribution in [-0.4, -0.2) is 11.2 Å². The molecule has 0 aromatic heterocycles. The van der Waals surface area contributed by atoms with Crippen LogP contribution in [0.5, 0.6) is 0 Å². The molecule has 1 rings (SSSR count). The van der Waals surface area contributed by atoms with Crippen LogP contribution in [0.4, 0.5) is 0 Å². The van der Waals surface area contributed by atoms with Crippen molar-refractivity contribution < 1.29 is 15.1 Å². The number of aliphatic carboxylic acids is 1. The average Bonchev–Trinajstić information content (AvgIpc) is 2.15. The maximum atomic E-state index is 10.3. The molecule has 0 fully saturated rings. The summed E-state index contributed by atoms with van der Waals surface area (Å²) in [7, 11) is 0. The lowest BCUT2D eigenvalue weighted by atomic mass is 10.1. The van der Waals surface area contributed by atoms with Gasteiger partial charge < -0.3 is 15.1 Å². The van der Waals surface area contributed by atoms with Gasteiger partial charge in [0.1, 0.15) is 0 Å². The van der Waals surface area contributed by atoms with Gasteiger partial charge in [-0.1, -0.05) is 30.3 Å². The summed E-state index contributed by atoms with van der Waals surface area (Å²) in [5.41, 5.74) is 2.65. The number of carboxylic acid groups (broad SMARTS) is 1. The fraction of sp³-hybridized carbons (Fsp3) is 0.222. The van der Waals surface area contributed by atoms with Gasteiger partial charge in [0.05, 0.1) is 6.04 Å². The molecule has 0 saturated carbocycles. The van der Waals surface area contributed by atoms with Gasteiger partial charge in [-0.2, -0.15) is 5.48 Å². The number of hydroxylamine groups is 1. The van der Waals surface area contributed by atoms with E-state index in [1.165, 1.54) is 0 Å². The number of carbonyl (C=O) groups is 1. The van der Waals surface area contributed by atoms with Crippen LogP contribution in [0.15, 0.2) is 30.3 Å². The van der Waals surface area contributed by atoms with Crippen molar-refractivity contribution in [2.75, 3.05) is 0 Å². The van der Waals surface area contributed by atoms with E-state index in [4.69, 9.17) is 5.21 Å². The standard InChI is InChI=1S/C9H11NO3/c11-9(12)6-8(10-13)7-4-2-1-3-5-7/h1-5,8,10,13H,6H2,(H,11,12)/p-1/t8-/m0/s1. The maximum absolute atomic E-state index is 10.3. The van der Waals surface area contributed by atoms with E-state index < -0.39 is 12.0 Å². The summed E-state index contributed by atoms with van der Waals surface area (Å²) in [5.74, 6) is -1.20. The third-order valence-corrected chi connectivity index (χ3v) is 1.73. The molecule has 0 bridgehead atoms. The summed E-state index contributed by atoms with van der Waals surface area (Å²) in [6, 6.07) is 8.22. The molecule has 0 unspecified atom stereocenters. The quantitative estimate of drug-likeness (QED) is 0.632. The van der Waals surface area contributed by atoms with Crippen LogP contribution in [0.25, 0.3) is 0 Å². The minimum absolute atomic E-state index is 0.249. The third kappa shape index (κ3) is 2.85. The molecular formula is C9H10NO3-. The van der Waals surface area contributed by atoms with Crippen LogP contribution in [-0.2, 0) is 4.79 Å². The van der Waals surface area contributed by atoms with Crippen molar-refractivity contribution in [3.05, 3.63) is 35.9 Å². The molecule has 1 aromatic rings. The van der Waals surface area contributed by atoms with E-state index in [-0.39, 0.29) is 6.42 Å². The zero-order chi connectivity index (χ0) is 9.68. The zero-order valence-corrected chi connectivity index (χ0v) is 6.93. The van der Waals surface area contributed by atoms with E-state index in [1.54, 1.807) is 24.3 Å². The predicted molar refractivity (Wildman–Crippen MR) is 43.7 cm³/mol. The van der Waals surface area contributed by atoms with Crippen molar-refractivity contribution in [1.82, 2.24) is 5.48 Å². The highest BCUT2D eigenvalue weighted by atomic mass is 16.5. The van der Waals surface area contributed by atoms with Crippen LogP contribution >= 0.6 is 0 Å². The first-order valence-electron chi connectivity index (χ1n) is 3.88. The summed E-state index contributed by atoms with van der Waals surface area (Å²) >= 11 is 0. The zero-order valence-electron chi connectivity index (χ0n) is 6.93. The maximum Gasteiger partial charge on any atom is 0.0621 e. The minimum atomic E-state index is -1.20. The highest BCUT2D eigenvalue weighted by Crippen LogP contribution is 2.14. The largest absolute Gasteiger partial charge is 0.550 e. The third-order valence-electron chi connectivity index (χ3n) is 1.73. The molecule has 1 aromatic carbocycles. The Morgan fingerprint density at radius 2 is 2.08 bits per heavy atom. The predicted octanol–water partition coefficient (Wildman–Crippen LogP) is -0.153. The molecule has 0 aliphatic rings. The van der Waals surface area contributed by atoms with Crippen LogP contribution < -0.4 is 10.6 Å². The Hall–Kier alpha value is -1.39. The Bertz CT molecular complexity index is 273. The molecule has 4 nitrogen and oxygen atoms in total. The van der Waals surface area contributed by atoms with Crippen molar-refractivity contribution >= 4 is 5.97 Å². The van der Waals surface area contributed by atoms with Crippen molar-refractivity contribution in [3.63, 3.8) is 0 Å². The summed E-state index contributed by atoms with van der Waals surface area (Å²) in [6.45, 7) is 0. The molecule has 2 N–H and O–H groups in total. The Morgan fingerprint density at radius 1 is 1.46 bits per heavy atom. The van der Waals surface area contributed by atoms with Crippen LogP contribution in [0.2, 0.25) is 0 Å². The second-order valence-corrected chi connectivity index (χ2v) is 2.67. The van der Waals surface area contributed by atoms with E-state index in [0.29, 0.717) is 5.56 Å². The molecular weight excluding hydrogens is 170 g/mol. The normalized spacial score (nSPS) is 12.4. The van der Waals surface area contributed by atoms with Crippen molar-refractivity contribution in [2.24, 2.45) is 0 Å². The van der Waals surface area contributed by atoms with Gasteiger partial charge in [0.25, 0.3) is 0 Å². The second-order valence-electron chi connectivity index (χ2n) is 2.67. The smallest absolute Gasteiger partial charge is 0.0621 e.